The summed E-state index contributed by atoms with van der Waals surface area (Å²) in [6.45, 7) is 9.08. The highest BCUT2D eigenvalue weighted by molar-refractivity contribution is 7.92. The third-order valence-corrected chi connectivity index (χ3v) is 6.79. The third kappa shape index (κ3) is 7.32. The zero-order valence-electron chi connectivity index (χ0n) is 20.3. The molecule has 2 rings (SSSR count). The summed E-state index contributed by atoms with van der Waals surface area (Å²) >= 11 is 0. The summed E-state index contributed by atoms with van der Waals surface area (Å²) in [6.07, 6.45) is 1.85. The SMILES string of the molecule is CC[C@H](C)NC(=O)[C@@H](C)N(Cc1ccccc1)C(=O)CN(c1ccc(C)cc1C)S(C)(=O)=O. The van der Waals surface area contributed by atoms with E-state index in [4.69, 9.17) is 0 Å². The zero-order valence-corrected chi connectivity index (χ0v) is 21.1. The van der Waals surface area contributed by atoms with Gasteiger partial charge in [-0.2, -0.15) is 0 Å². The lowest BCUT2D eigenvalue weighted by atomic mass is 10.1. The van der Waals surface area contributed by atoms with Crippen molar-refractivity contribution < 1.29 is 18.0 Å². The Bertz CT molecular complexity index is 1070. The molecule has 2 atom stereocenters. The van der Waals surface area contributed by atoms with Gasteiger partial charge in [-0.3, -0.25) is 13.9 Å². The first-order valence-corrected chi connectivity index (χ1v) is 13.0. The van der Waals surface area contributed by atoms with Crippen LogP contribution in [-0.4, -0.2) is 50.0 Å². The van der Waals surface area contributed by atoms with E-state index < -0.39 is 28.5 Å². The van der Waals surface area contributed by atoms with Crippen molar-refractivity contribution in [2.45, 2.75) is 59.7 Å². The Hall–Kier alpha value is -2.87. The van der Waals surface area contributed by atoms with Gasteiger partial charge in [-0.1, -0.05) is 55.0 Å². The first-order chi connectivity index (χ1) is 15.4. The minimum absolute atomic E-state index is 0.0312. The highest BCUT2D eigenvalue weighted by Crippen LogP contribution is 2.24. The van der Waals surface area contributed by atoms with E-state index in [9.17, 15) is 18.0 Å². The second-order valence-corrected chi connectivity index (χ2v) is 10.5. The normalized spacial score (nSPS) is 13.2. The number of sulfonamides is 1. The highest BCUT2D eigenvalue weighted by atomic mass is 32.2. The zero-order chi connectivity index (χ0) is 24.8. The Morgan fingerprint density at radius 1 is 1.03 bits per heavy atom. The van der Waals surface area contributed by atoms with E-state index in [0.717, 1.165) is 33.7 Å². The van der Waals surface area contributed by atoms with Crippen molar-refractivity contribution in [2.24, 2.45) is 0 Å². The lowest BCUT2D eigenvalue weighted by Crippen LogP contribution is -2.52. The summed E-state index contributed by atoms with van der Waals surface area (Å²) in [5.74, 6) is -0.720. The fourth-order valence-electron chi connectivity index (χ4n) is 3.51. The first-order valence-electron chi connectivity index (χ1n) is 11.1. The number of benzene rings is 2. The molecule has 7 nitrogen and oxygen atoms in total. The van der Waals surface area contributed by atoms with Crippen molar-refractivity contribution in [2.75, 3.05) is 17.1 Å². The predicted molar refractivity (Wildman–Crippen MR) is 132 cm³/mol. The van der Waals surface area contributed by atoms with Gasteiger partial charge in [0.2, 0.25) is 21.8 Å². The van der Waals surface area contributed by atoms with Crippen molar-refractivity contribution in [3.63, 3.8) is 0 Å². The largest absolute Gasteiger partial charge is 0.352 e. The van der Waals surface area contributed by atoms with E-state index >= 15 is 0 Å². The van der Waals surface area contributed by atoms with Gasteiger partial charge in [0.15, 0.2) is 0 Å². The molecule has 33 heavy (non-hydrogen) atoms. The molecule has 0 radical (unpaired) electrons. The van der Waals surface area contributed by atoms with Crippen LogP contribution in [-0.2, 0) is 26.2 Å². The number of carbonyl (C=O) groups is 2. The number of rotatable bonds is 10. The highest BCUT2D eigenvalue weighted by Gasteiger charge is 2.30. The minimum Gasteiger partial charge on any atom is -0.352 e. The lowest BCUT2D eigenvalue weighted by molar-refractivity contribution is -0.139. The minimum atomic E-state index is -3.74. The number of amides is 2. The number of nitrogens with one attached hydrogen (secondary N) is 1. The van der Waals surface area contributed by atoms with Crippen molar-refractivity contribution in [3.8, 4) is 0 Å². The molecule has 2 aromatic carbocycles. The maximum atomic E-state index is 13.5. The molecule has 8 heteroatoms. The van der Waals surface area contributed by atoms with Crippen LogP contribution in [0.1, 0.15) is 43.9 Å². The molecule has 0 aliphatic rings. The topological polar surface area (TPSA) is 86.8 Å². The summed E-state index contributed by atoms with van der Waals surface area (Å²) in [4.78, 5) is 27.8. The molecular formula is C25H35N3O4S. The summed E-state index contributed by atoms with van der Waals surface area (Å²) < 4.78 is 26.4. The van der Waals surface area contributed by atoms with Crippen LogP contribution in [0.3, 0.4) is 0 Å². The Morgan fingerprint density at radius 3 is 2.21 bits per heavy atom. The fourth-order valence-corrected chi connectivity index (χ4v) is 4.42. The van der Waals surface area contributed by atoms with Gasteiger partial charge in [0, 0.05) is 12.6 Å². The van der Waals surface area contributed by atoms with E-state index in [2.05, 4.69) is 5.32 Å². The monoisotopic (exact) mass is 473 g/mol. The maximum Gasteiger partial charge on any atom is 0.244 e. The second-order valence-electron chi connectivity index (χ2n) is 8.56. The number of hydrogen-bond acceptors (Lipinski definition) is 4. The van der Waals surface area contributed by atoms with Gasteiger partial charge in [0.1, 0.15) is 12.6 Å². The van der Waals surface area contributed by atoms with E-state index in [1.54, 1.807) is 13.0 Å². The molecule has 1 N–H and O–H groups in total. The van der Waals surface area contributed by atoms with Crippen molar-refractivity contribution in [1.29, 1.82) is 0 Å². The summed E-state index contributed by atoms with van der Waals surface area (Å²) in [6, 6.07) is 13.9. The third-order valence-electron chi connectivity index (χ3n) is 5.66. The van der Waals surface area contributed by atoms with E-state index in [1.807, 2.05) is 70.2 Å². The van der Waals surface area contributed by atoms with Crippen LogP contribution in [0.5, 0.6) is 0 Å². The molecule has 0 saturated heterocycles. The van der Waals surface area contributed by atoms with Gasteiger partial charge in [-0.15, -0.1) is 0 Å². The van der Waals surface area contributed by atoms with Crippen LogP contribution >= 0.6 is 0 Å². The molecule has 0 aliphatic heterocycles. The first kappa shape index (κ1) is 26.4. The van der Waals surface area contributed by atoms with Gasteiger partial charge in [-0.25, -0.2) is 8.42 Å². The van der Waals surface area contributed by atoms with Crippen LogP contribution in [0.15, 0.2) is 48.5 Å². The van der Waals surface area contributed by atoms with Crippen molar-refractivity contribution in [3.05, 3.63) is 65.2 Å². The van der Waals surface area contributed by atoms with Gasteiger partial charge >= 0.3 is 0 Å². The molecule has 0 aliphatic carbocycles. The molecule has 2 amide bonds. The molecule has 0 saturated carbocycles. The Balaban J connectivity index is 2.39. The molecule has 180 valence electrons. The van der Waals surface area contributed by atoms with Crippen LogP contribution in [0.4, 0.5) is 5.69 Å². The van der Waals surface area contributed by atoms with E-state index in [-0.39, 0.29) is 18.5 Å². The van der Waals surface area contributed by atoms with E-state index in [0.29, 0.717) is 5.69 Å². The molecule has 0 spiro atoms. The maximum absolute atomic E-state index is 13.5. The Labute approximate surface area is 197 Å². The second kappa shape index (κ2) is 11.3. The van der Waals surface area contributed by atoms with Gasteiger partial charge in [0.05, 0.1) is 11.9 Å². The average Bonchev–Trinajstić information content (AvgIpc) is 2.75. The van der Waals surface area contributed by atoms with Gasteiger partial charge < -0.3 is 10.2 Å². The van der Waals surface area contributed by atoms with Crippen LogP contribution in [0.2, 0.25) is 0 Å². The average molecular weight is 474 g/mol. The number of hydrogen-bond donors (Lipinski definition) is 1. The van der Waals surface area contributed by atoms with Crippen LogP contribution in [0, 0.1) is 13.8 Å². The molecule has 0 aromatic heterocycles. The van der Waals surface area contributed by atoms with E-state index in [1.165, 1.54) is 4.90 Å². The number of aryl methyl sites for hydroxylation is 2. The standard InChI is InChI=1S/C25H35N3O4S/c1-7-20(4)26-25(30)21(5)27(16-22-11-9-8-10-12-22)24(29)17-28(33(6,31)32)23-14-13-18(2)15-19(23)3/h8-15,20-21H,7,16-17H2,1-6H3,(H,26,30)/t20-,21+/m0/s1. The molecular weight excluding hydrogens is 438 g/mol. The molecule has 0 unspecified atom stereocenters. The molecule has 0 heterocycles. The number of carbonyl (C=O) groups excluding carboxylic acids is 2. The molecule has 0 fully saturated rings. The predicted octanol–water partition coefficient (Wildman–Crippen LogP) is 3.40. The quantitative estimate of drug-likeness (QED) is 0.573. The Morgan fingerprint density at radius 2 is 1.67 bits per heavy atom. The van der Waals surface area contributed by atoms with Crippen molar-refractivity contribution in [1.82, 2.24) is 10.2 Å². The lowest BCUT2D eigenvalue weighted by Gasteiger charge is -2.32. The smallest absolute Gasteiger partial charge is 0.244 e. The molecule has 2 aromatic rings. The number of anilines is 1. The fraction of sp³-hybridized carbons (Fsp3) is 0.440. The van der Waals surface area contributed by atoms with Crippen LogP contribution < -0.4 is 9.62 Å². The van der Waals surface area contributed by atoms with Crippen molar-refractivity contribution >= 4 is 27.5 Å². The summed E-state index contributed by atoms with van der Waals surface area (Å²) in [5.41, 5.74) is 3.06. The van der Waals surface area contributed by atoms with Gasteiger partial charge in [0.25, 0.3) is 0 Å². The van der Waals surface area contributed by atoms with Crippen LogP contribution in [0.25, 0.3) is 0 Å². The summed E-state index contributed by atoms with van der Waals surface area (Å²) in [5, 5.41) is 2.92. The molecule has 0 bridgehead atoms. The number of nitrogens with zero attached hydrogens (tertiary/aromatic N) is 2. The summed E-state index contributed by atoms with van der Waals surface area (Å²) in [7, 11) is -3.74. The van der Waals surface area contributed by atoms with Gasteiger partial charge in [-0.05, 0) is 51.3 Å². The Kier molecular flexibility index (Phi) is 9.05.